The normalized spacial score (nSPS) is 10.9. The predicted octanol–water partition coefficient (Wildman–Crippen LogP) is 3.52. The van der Waals surface area contributed by atoms with E-state index in [1.54, 1.807) is 0 Å². The van der Waals surface area contributed by atoms with Crippen LogP contribution in [0, 0.1) is 0 Å². The molecule has 0 aliphatic rings. The van der Waals surface area contributed by atoms with Crippen molar-refractivity contribution >= 4 is 6.08 Å². The Kier molecular flexibility index (Phi) is 5.76. The van der Waals surface area contributed by atoms with Gasteiger partial charge in [-0.15, -0.1) is 0 Å². The highest BCUT2D eigenvalue weighted by atomic mass is 16.5. The summed E-state index contributed by atoms with van der Waals surface area (Å²) >= 11 is 0. The molecular weight excluding hydrogens is 172 g/mol. The minimum atomic E-state index is 0.717. The fourth-order valence-electron chi connectivity index (χ4n) is 1.15. The molecule has 0 unspecified atom stereocenters. The standard InChI is InChI=1S/C13H18O/c1-2-3-11-14-12-7-10-13-8-5-4-6-9-13/h4-10H,2-3,11-12H2,1H3. The summed E-state index contributed by atoms with van der Waals surface area (Å²) in [5.41, 5.74) is 1.23. The Morgan fingerprint density at radius 2 is 2.00 bits per heavy atom. The van der Waals surface area contributed by atoms with E-state index in [1.807, 2.05) is 18.2 Å². The molecule has 0 radical (unpaired) electrons. The van der Waals surface area contributed by atoms with Crippen LogP contribution in [0.25, 0.3) is 6.08 Å². The second-order valence-corrected chi connectivity index (χ2v) is 3.24. The first-order chi connectivity index (χ1) is 6.93. The number of hydrogen-bond donors (Lipinski definition) is 0. The molecule has 0 bridgehead atoms. The molecular formula is C13H18O. The van der Waals surface area contributed by atoms with Crippen molar-refractivity contribution in [2.24, 2.45) is 0 Å². The molecule has 0 spiro atoms. The molecule has 0 heterocycles. The second-order valence-electron chi connectivity index (χ2n) is 3.24. The van der Waals surface area contributed by atoms with Gasteiger partial charge in [0.2, 0.25) is 0 Å². The van der Waals surface area contributed by atoms with Crippen LogP contribution in [0.5, 0.6) is 0 Å². The Bertz CT molecular complexity index is 251. The maximum absolute atomic E-state index is 5.41. The first-order valence-electron chi connectivity index (χ1n) is 5.23. The number of ether oxygens (including phenoxy) is 1. The Balaban J connectivity index is 2.15. The molecule has 0 atom stereocenters. The van der Waals surface area contributed by atoms with Gasteiger partial charge in [-0.05, 0) is 12.0 Å². The van der Waals surface area contributed by atoms with Gasteiger partial charge in [0.15, 0.2) is 0 Å². The first kappa shape index (κ1) is 11.0. The summed E-state index contributed by atoms with van der Waals surface area (Å²) in [6.07, 6.45) is 6.50. The second kappa shape index (κ2) is 7.34. The number of unbranched alkanes of at least 4 members (excludes halogenated alkanes) is 1. The lowest BCUT2D eigenvalue weighted by atomic mass is 10.2. The monoisotopic (exact) mass is 190 g/mol. The summed E-state index contributed by atoms with van der Waals surface area (Å²) in [4.78, 5) is 0. The molecule has 0 aliphatic carbocycles. The number of benzene rings is 1. The van der Waals surface area contributed by atoms with Gasteiger partial charge in [0, 0.05) is 6.61 Å². The minimum absolute atomic E-state index is 0.717. The van der Waals surface area contributed by atoms with E-state index in [0.717, 1.165) is 19.6 Å². The summed E-state index contributed by atoms with van der Waals surface area (Å²) in [5.74, 6) is 0. The van der Waals surface area contributed by atoms with Crippen LogP contribution in [-0.2, 0) is 4.74 Å². The highest BCUT2D eigenvalue weighted by molar-refractivity contribution is 5.48. The van der Waals surface area contributed by atoms with Crippen LogP contribution >= 0.6 is 0 Å². The summed E-state index contributed by atoms with van der Waals surface area (Å²) < 4.78 is 5.41. The van der Waals surface area contributed by atoms with E-state index in [-0.39, 0.29) is 0 Å². The van der Waals surface area contributed by atoms with E-state index < -0.39 is 0 Å². The molecule has 76 valence electrons. The number of rotatable bonds is 6. The van der Waals surface area contributed by atoms with E-state index in [0.29, 0.717) is 0 Å². The minimum Gasteiger partial charge on any atom is -0.377 e. The third kappa shape index (κ3) is 4.83. The zero-order valence-corrected chi connectivity index (χ0v) is 8.78. The fourth-order valence-corrected chi connectivity index (χ4v) is 1.15. The molecule has 1 nitrogen and oxygen atoms in total. The molecule has 14 heavy (non-hydrogen) atoms. The molecule has 1 aromatic rings. The molecule has 0 aromatic heterocycles. The van der Waals surface area contributed by atoms with Gasteiger partial charge < -0.3 is 4.74 Å². The molecule has 0 N–H and O–H groups in total. The molecule has 1 aromatic carbocycles. The maximum Gasteiger partial charge on any atom is 0.0650 e. The summed E-state index contributed by atoms with van der Waals surface area (Å²) in [7, 11) is 0. The predicted molar refractivity (Wildman–Crippen MR) is 61.2 cm³/mol. The van der Waals surface area contributed by atoms with Crippen molar-refractivity contribution < 1.29 is 4.74 Å². The SMILES string of the molecule is CCCCOCC=Cc1ccccc1. The Morgan fingerprint density at radius 1 is 1.21 bits per heavy atom. The van der Waals surface area contributed by atoms with Crippen LogP contribution in [0.1, 0.15) is 25.3 Å². The van der Waals surface area contributed by atoms with Crippen LogP contribution < -0.4 is 0 Å². The Labute approximate surface area is 86.4 Å². The molecule has 0 saturated heterocycles. The molecule has 0 saturated carbocycles. The first-order valence-corrected chi connectivity index (χ1v) is 5.23. The van der Waals surface area contributed by atoms with Crippen LogP contribution in [0.2, 0.25) is 0 Å². The summed E-state index contributed by atoms with van der Waals surface area (Å²) in [6.45, 7) is 3.76. The van der Waals surface area contributed by atoms with Gasteiger partial charge in [0.25, 0.3) is 0 Å². The fraction of sp³-hybridized carbons (Fsp3) is 0.385. The molecule has 1 heteroatoms. The third-order valence-corrected chi connectivity index (χ3v) is 1.97. The summed E-state index contributed by atoms with van der Waals surface area (Å²) in [6, 6.07) is 10.3. The number of hydrogen-bond acceptors (Lipinski definition) is 1. The van der Waals surface area contributed by atoms with Gasteiger partial charge in [-0.25, -0.2) is 0 Å². The highest BCUT2D eigenvalue weighted by Crippen LogP contribution is 2.00. The van der Waals surface area contributed by atoms with Crippen molar-refractivity contribution in [3.8, 4) is 0 Å². The van der Waals surface area contributed by atoms with Crippen molar-refractivity contribution in [3.05, 3.63) is 42.0 Å². The van der Waals surface area contributed by atoms with Gasteiger partial charge in [-0.1, -0.05) is 55.8 Å². The van der Waals surface area contributed by atoms with Gasteiger partial charge in [0.05, 0.1) is 6.61 Å². The lowest BCUT2D eigenvalue weighted by Crippen LogP contribution is -1.92. The molecule has 1 rings (SSSR count). The van der Waals surface area contributed by atoms with Crippen LogP contribution in [0.15, 0.2) is 36.4 Å². The van der Waals surface area contributed by atoms with Gasteiger partial charge in [0.1, 0.15) is 0 Å². The van der Waals surface area contributed by atoms with Crippen LogP contribution in [0.3, 0.4) is 0 Å². The lowest BCUT2D eigenvalue weighted by Gasteiger charge is -1.97. The van der Waals surface area contributed by atoms with E-state index in [2.05, 4.69) is 31.2 Å². The van der Waals surface area contributed by atoms with Gasteiger partial charge >= 0.3 is 0 Å². The third-order valence-electron chi connectivity index (χ3n) is 1.97. The molecule has 0 amide bonds. The summed E-state index contributed by atoms with van der Waals surface area (Å²) in [5, 5.41) is 0. The van der Waals surface area contributed by atoms with Crippen molar-refractivity contribution in [3.63, 3.8) is 0 Å². The average Bonchev–Trinajstić information content (AvgIpc) is 2.25. The highest BCUT2D eigenvalue weighted by Gasteiger charge is 1.84. The van der Waals surface area contributed by atoms with Crippen molar-refractivity contribution in [1.29, 1.82) is 0 Å². The van der Waals surface area contributed by atoms with E-state index in [4.69, 9.17) is 4.74 Å². The zero-order chi connectivity index (χ0) is 10.1. The van der Waals surface area contributed by atoms with Crippen LogP contribution in [-0.4, -0.2) is 13.2 Å². The van der Waals surface area contributed by atoms with E-state index in [9.17, 15) is 0 Å². The molecule has 0 fully saturated rings. The van der Waals surface area contributed by atoms with Crippen molar-refractivity contribution in [1.82, 2.24) is 0 Å². The quantitative estimate of drug-likeness (QED) is 0.624. The van der Waals surface area contributed by atoms with Crippen LogP contribution in [0.4, 0.5) is 0 Å². The smallest absolute Gasteiger partial charge is 0.0650 e. The van der Waals surface area contributed by atoms with E-state index in [1.165, 1.54) is 12.0 Å². The zero-order valence-electron chi connectivity index (χ0n) is 8.78. The topological polar surface area (TPSA) is 9.23 Å². The maximum atomic E-state index is 5.41. The average molecular weight is 190 g/mol. The Hall–Kier alpha value is -1.08. The lowest BCUT2D eigenvalue weighted by molar-refractivity contribution is 0.159. The van der Waals surface area contributed by atoms with Crippen molar-refractivity contribution in [2.45, 2.75) is 19.8 Å². The van der Waals surface area contributed by atoms with E-state index >= 15 is 0 Å². The Morgan fingerprint density at radius 3 is 2.71 bits per heavy atom. The largest absolute Gasteiger partial charge is 0.377 e. The van der Waals surface area contributed by atoms with Crippen molar-refractivity contribution in [2.75, 3.05) is 13.2 Å². The van der Waals surface area contributed by atoms with Gasteiger partial charge in [-0.2, -0.15) is 0 Å². The molecule has 0 aliphatic heterocycles. The van der Waals surface area contributed by atoms with Gasteiger partial charge in [-0.3, -0.25) is 0 Å².